The molecule has 2 aromatic carbocycles. The highest BCUT2D eigenvalue weighted by Gasteiger charge is 2.22. The van der Waals surface area contributed by atoms with Crippen molar-refractivity contribution in [2.24, 2.45) is 11.8 Å². The zero-order chi connectivity index (χ0) is 20.1. The number of hydrogen-bond acceptors (Lipinski definition) is 0. The summed E-state index contributed by atoms with van der Waals surface area (Å²) in [6.07, 6.45) is 15.4. The van der Waals surface area contributed by atoms with Gasteiger partial charge in [0.15, 0.2) is 0 Å². The van der Waals surface area contributed by atoms with Crippen LogP contribution in [0.15, 0.2) is 48.5 Å². The lowest BCUT2D eigenvalue weighted by Gasteiger charge is -2.28. The molecular formula is C29H40. The van der Waals surface area contributed by atoms with Gasteiger partial charge in [0.1, 0.15) is 0 Å². The van der Waals surface area contributed by atoms with E-state index in [1.807, 2.05) is 0 Å². The molecule has 156 valence electrons. The molecule has 0 saturated heterocycles. The third-order valence-electron chi connectivity index (χ3n) is 8.07. The van der Waals surface area contributed by atoms with Crippen LogP contribution in [-0.2, 0) is 0 Å². The topological polar surface area (TPSA) is 0 Å². The first kappa shape index (κ1) is 20.7. The van der Waals surface area contributed by atoms with Crippen molar-refractivity contribution in [2.45, 2.75) is 96.3 Å². The van der Waals surface area contributed by atoms with Gasteiger partial charge in [0.25, 0.3) is 0 Å². The van der Waals surface area contributed by atoms with Crippen LogP contribution < -0.4 is 0 Å². The molecule has 2 aliphatic carbocycles. The molecular weight excluding hydrogens is 348 g/mol. The van der Waals surface area contributed by atoms with Crippen LogP contribution in [0.5, 0.6) is 0 Å². The number of hydrogen-bond donors (Lipinski definition) is 0. The summed E-state index contributed by atoms with van der Waals surface area (Å²) in [7, 11) is 0. The van der Waals surface area contributed by atoms with Crippen molar-refractivity contribution in [1.82, 2.24) is 0 Å². The molecule has 0 nitrogen and oxygen atoms in total. The second kappa shape index (κ2) is 9.96. The highest BCUT2D eigenvalue weighted by molar-refractivity contribution is 5.64. The van der Waals surface area contributed by atoms with Crippen LogP contribution in [0, 0.1) is 11.8 Å². The van der Waals surface area contributed by atoms with Gasteiger partial charge >= 0.3 is 0 Å². The lowest BCUT2D eigenvalue weighted by Crippen LogP contribution is -2.13. The Balaban J connectivity index is 1.36. The van der Waals surface area contributed by atoms with E-state index < -0.39 is 0 Å². The fraction of sp³-hybridized carbons (Fsp3) is 0.586. The summed E-state index contributed by atoms with van der Waals surface area (Å²) >= 11 is 0. The van der Waals surface area contributed by atoms with E-state index in [1.165, 1.54) is 81.8 Å². The molecule has 0 amide bonds. The normalized spacial score (nSPS) is 27.7. The van der Waals surface area contributed by atoms with Crippen molar-refractivity contribution in [3.8, 4) is 11.1 Å². The fourth-order valence-electron chi connectivity index (χ4n) is 5.99. The Morgan fingerprint density at radius 2 is 0.966 bits per heavy atom. The molecule has 2 aliphatic rings. The van der Waals surface area contributed by atoms with Gasteiger partial charge in [0.2, 0.25) is 0 Å². The first-order valence-electron chi connectivity index (χ1n) is 12.5. The van der Waals surface area contributed by atoms with Crippen molar-refractivity contribution in [3.05, 3.63) is 59.7 Å². The van der Waals surface area contributed by atoms with Crippen LogP contribution >= 0.6 is 0 Å². The summed E-state index contributed by atoms with van der Waals surface area (Å²) in [5.74, 6) is 3.55. The van der Waals surface area contributed by atoms with E-state index in [1.54, 1.807) is 11.1 Å². The van der Waals surface area contributed by atoms with E-state index in [0.717, 1.165) is 23.7 Å². The zero-order valence-electron chi connectivity index (χ0n) is 18.7. The molecule has 29 heavy (non-hydrogen) atoms. The van der Waals surface area contributed by atoms with Crippen molar-refractivity contribution in [3.63, 3.8) is 0 Å². The largest absolute Gasteiger partial charge is 0.0654 e. The SMILES string of the molecule is CCC[C@H]1CC[C@H](c2ccc(-c3ccc([C@H]4CC[C@H](CC)CC4)cc3)cc2)CC1. The maximum Gasteiger partial charge on any atom is -0.0162 e. The predicted molar refractivity (Wildman–Crippen MR) is 126 cm³/mol. The van der Waals surface area contributed by atoms with Crippen LogP contribution in [0.3, 0.4) is 0 Å². The summed E-state index contributed by atoms with van der Waals surface area (Å²) < 4.78 is 0. The molecule has 0 aliphatic heterocycles. The van der Waals surface area contributed by atoms with Gasteiger partial charge in [0.05, 0.1) is 0 Å². The minimum atomic E-state index is 0.789. The monoisotopic (exact) mass is 388 g/mol. The van der Waals surface area contributed by atoms with Crippen molar-refractivity contribution < 1.29 is 0 Å². The highest BCUT2D eigenvalue weighted by atomic mass is 14.3. The van der Waals surface area contributed by atoms with Crippen molar-refractivity contribution in [1.29, 1.82) is 0 Å². The van der Waals surface area contributed by atoms with Gasteiger partial charge < -0.3 is 0 Å². The Hall–Kier alpha value is -1.56. The summed E-state index contributed by atoms with van der Waals surface area (Å²) in [4.78, 5) is 0. The Bertz CT molecular complexity index is 723. The van der Waals surface area contributed by atoms with Crippen LogP contribution in [0.1, 0.15) is 107 Å². The molecule has 0 spiro atoms. The summed E-state index contributed by atoms with van der Waals surface area (Å²) in [5, 5.41) is 0. The third kappa shape index (κ3) is 5.14. The summed E-state index contributed by atoms with van der Waals surface area (Å²) in [6, 6.07) is 19.0. The summed E-state index contributed by atoms with van der Waals surface area (Å²) in [5.41, 5.74) is 5.86. The van der Waals surface area contributed by atoms with Crippen molar-refractivity contribution in [2.75, 3.05) is 0 Å². The molecule has 0 unspecified atom stereocenters. The third-order valence-corrected chi connectivity index (χ3v) is 8.07. The Morgan fingerprint density at radius 3 is 1.34 bits per heavy atom. The van der Waals surface area contributed by atoms with Crippen molar-refractivity contribution >= 4 is 0 Å². The Morgan fingerprint density at radius 1 is 0.552 bits per heavy atom. The molecule has 0 heterocycles. The first-order chi connectivity index (χ1) is 14.3. The number of rotatable bonds is 6. The van der Waals surface area contributed by atoms with Gasteiger partial charge in [-0.25, -0.2) is 0 Å². The minimum Gasteiger partial charge on any atom is -0.0654 e. The molecule has 2 aromatic rings. The minimum absolute atomic E-state index is 0.789. The second-order valence-corrected chi connectivity index (χ2v) is 9.88. The second-order valence-electron chi connectivity index (χ2n) is 9.88. The van der Waals surface area contributed by atoms with Gasteiger partial charge in [0, 0.05) is 0 Å². The lowest BCUT2D eigenvalue weighted by atomic mass is 9.77. The summed E-state index contributed by atoms with van der Waals surface area (Å²) in [6.45, 7) is 4.68. The Labute approximate surface area is 179 Å². The van der Waals surface area contributed by atoms with Gasteiger partial charge in [-0.1, -0.05) is 81.6 Å². The van der Waals surface area contributed by atoms with Gasteiger partial charge in [-0.3, -0.25) is 0 Å². The maximum absolute atomic E-state index is 2.40. The number of benzene rings is 2. The van der Waals surface area contributed by atoms with Crippen LogP contribution in [-0.4, -0.2) is 0 Å². The average molecular weight is 389 g/mol. The van der Waals surface area contributed by atoms with Gasteiger partial charge in [-0.2, -0.15) is 0 Å². The van der Waals surface area contributed by atoms with Crippen LogP contribution in [0.4, 0.5) is 0 Å². The standard InChI is InChI=1S/C29H40/c1-3-5-23-8-12-25(13-9-23)27-16-20-29(21-17-27)28-18-14-26(15-19-28)24-10-6-22(4-2)7-11-24/h14-25H,3-13H2,1-2H3/t22-,23-,24-,25-. The highest BCUT2D eigenvalue weighted by Crippen LogP contribution is 2.39. The molecule has 0 atom stereocenters. The zero-order valence-corrected chi connectivity index (χ0v) is 18.7. The molecule has 2 fully saturated rings. The van der Waals surface area contributed by atoms with E-state index in [9.17, 15) is 0 Å². The maximum atomic E-state index is 2.40. The molecule has 2 saturated carbocycles. The van der Waals surface area contributed by atoms with Gasteiger partial charge in [-0.05, 0) is 97.3 Å². The molecule has 0 heteroatoms. The first-order valence-corrected chi connectivity index (χ1v) is 12.5. The van der Waals surface area contributed by atoms with Crippen LogP contribution in [0.2, 0.25) is 0 Å². The predicted octanol–water partition coefficient (Wildman–Crippen LogP) is 9.11. The molecule has 0 N–H and O–H groups in total. The molecule has 0 radical (unpaired) electrons. The Kier molecular flexibility index (Phi) is 7.11. The quantitative estimate of drug-likeness (QED) is 0.463. The van der Waals surface area contributed by atoms with E-state index in [4.69, 9.17) is 0 Å². The van der Waals surface area contributed by atoms with Gasteiger partial charge in [-0.15, -0.1) is 0 Å². The molecule has 0 bridgehead atoms. The fourth-order valence-corrected chi connectivity index (χ4v) is 5.99. The van der Waals surface area contributed by atoms with E-state index in [-0.39, 0.29) is 0 Å². The smallest absolute Gasteiger partial charge is 0.0162 e. The average Bonchev–Trinajstić information content (AvgIpc) is 2.80. The molecule has 0 aromatic heterocycles. The van der Waals surface area contributed by atoms with Crippen LogP contribution in [0.25, 0.3) is 11.1 Å². The lowest BCUT2D eigenvalue weighted by molar-refractivity contribution is 0.308. The molecule has 4 rings (SSSR count). The van der Waals surface area contributed by atoms with E-state index in [2.05, 4.69) is 62.4 Å². The van der Waals surface area contributed by atoms with E-state index >= 15 is 0 Å². The van der Waals surface area contributed by atoms with E-state index in [0.29, 0.717) is 0 Å².